The third kappa shape index (κ3) is 2.37. The van der Waals surface area contributed by atoms with E-state index < -0.39 is 14.9 Å². The van der Waals surface area contributed by atoms with Crippen LogP contribution < -0.4 is 0 Å². The van der Waals surface area contributed by atoms with Crippen LogP contribution in [0.5, 0.6) is 0 Å². The first-order valence-corrected chi connectivity index (χ1v) is 7.52. The summed E-state index contributed by atoms with van der Waals surface area (Å²) in [5.41, 5.74) is 1.79. The molecule has 0 saturated carbocycles. The van der Waals surface area contributed by atoms with Gasteiger partial charge in [-0.05, 0) is 18.9 Å². The summed E-state index contributed by atoms with van der Waals surface area (Å²) in [4.78, 5) is 0. The summed E-state index contributed by atoms with van der Waals surface area (Å²) in [6, 6.07) is 0. The van der Waals surface area contributed by atoms with Crippen molar-refractivity contribution in [1.29, 1.82) is 0 Å². The Morgan fingerprint density at radius 3 is 2.63 bits per heavy atom. The van der Waals surface area contributed by atoms with Crippen LogP contribution in [0, 0.1) is 0 Å². The average molecular weight is 282 g/mol. The van der Waals surface area contributed by atoms with E-state index in [1.54, 1.807) is 43.2 Å². The molecule has 104 valence electrons. The number of aromatic nitrogens is 2. The molecule has 1 heterocycles. The Kier molecular flexibility index (Phi) is 3.40. The van der Waals surface area contributed by atoms with Crippen LogP contribution in [0.1, 0.15) is 31.7 Å². The van der Waals surface area contributed by atoms with Crippen LogP contribution in [-0.2, 0) is 17.2 Å². The number of allylic oxidation sites excluding steroid dienone is 3. The second-order valence-corrected chi connectivity index (χ2v) is 6.79. The minimum absolute atomic E-state index is 0.268. The second-order valence-electron chi connectivity index (χ2n) is 5.08. The number of aryl methyl sites for hydroxylation is 1. The lowest BCUT2D eigenvalue weighted by atomic mass is 9.82. The van der Waals surface area contributed by atoms with Crippen LogP contribution in [0.3, 0.4) is 0 Å². The van der Waals surface area contributed by atoms with Gasteiger partial charge in [-0.25, -0.2) is 0 Å². The maximum absolute atomic E-state index is 11.9. The van der Waals surface area contributed by atoms with Crippen LogP contribution in [0.2, 0.25) is 0 Å². The number of hydrogen-bond acceptors (Lipinski definition) is 3. The number of hydrogen-bond donors (Lipinski definition) is 1. The lowest BCUT2D eigenvalue weighted by Gasteiger charge is -2.34. The molecule has 5 nitrogen and oxygen atoms in total. The Hall–Kier alpha value is -1.40. The smallest absolute Gasteiger partial charge is 0.275 e. The van der Waals surface area contributed by atoms with Crippen molar-refractivity contribution in [1.82, 2.24) is 9.78 Å². The van der Waals surface area contributed by atoms with Gasteiger partial charge in [-0.1, -0.05) is 30.7 Å². The maximum atomic E-state index is 11.9. The fourth-order valence-corrected chi connectivity index (χ4v) is 3.53. The van der Waals surface area contributed by atoms with E-state index in [0.717, 1.165) is 11.1 Å². The molecule has 1 aromatic heterocycles. The first-order valence-electron chi connectivity index (χ1n) is 6.08. The van der Waals surface area contributed by atoms with E-state index in [-0.39, 0.29) is 12.3 Å². The molecule has 1 aliphatic rings. The van der Waals surface area contributed by atoms with Gasteiger partial charge in [0, 0.05) is 19.2 Å². The Morgan fingerprint density at radius 2 is 2.21 bits per heavy atom. The summed E-state index contributed by atoms with van der Waals surface area (Å²) in [5.74, 6) is -0.378. The molecule has 1 aliphatic carbocycles. The zero-order chi connectivity index (χ0) is 14.3. The predicted octanol–water partition coefficient (Wildman–Crippen LogP) is 2.06. The first kappa shape index (κ1) is 14.0. The fraction of sp³-hybridized carbons (Fsp3) is 0.462. The van der Waals surface area contributed by atoms with Crippen molar-refractivity contribution in [3.63, 3.8) is 0 Å². The lowest BCUT2D eigenvalue weighted by molar-refractivity contribution is 0.423. The predicted molar refractivity (Wildman–Crippen MR) is 73.4 cm³/mol. The van der Waals surface area contributed by atoms with E-state index in [1.807, 2.05) is 13.0 Å². The highest BCUT2D eigenvalue weighted by molar-refractivity contribution is 7.87. The molecule has 2 rings (SSSR count). The minimum atomic E-state index is -4.22. The summed E-state index contributed by atoms with van der Waals surface area (Å²) in [5, 5.41) is 4.06. The Bertz CT molecular complexity index is 643. The van der Waals surface area contributed by atoms with Crippen LogP contribution in [0.4, 0.5) is 0 Å². The van der Waals surface area contributed by atoms with Gasteiger partial charge in [0.25, 0.3) is 10.1 Å². The highest BCUT2D eigenvalue weighted by Crippen LogP contribution is 2.41. The summed E-state index contributed by atoms with van der Waals surface area (Å²) >= 11 is 0. The average Bonchev–Trinajstić information content (AvgIpc) is 2.74. The molecular formula is C13H18N2O3S. The molecule has 0 saturated heterocycles. The standard InChI is InChI=1S/C13H18N2O3S/c1-10-4-6-13(7-5-10,19(16,17)18)11(2)12-8-14-15(3)9-12/h4-6,8-9,11H,7H2,1-3H3,(H,16,17,18). The Labute approximate surface area is 113 Å². The molecule has 0 fully saturated rings. The molecule has 0 aliphatic heterocycles. The topological polar surface area (TPSA) is 72.2 Å². The number of nitrogens with zero attached hydrogens (tertiary/aromatic N) is 2. The molecule has 1 N–H and O–H groups in total. The molecule has 19 heavy (non-hydrogen) atoms. The van der Waals surface area contributed by atoms with Crippen molar-refractivity contribution < 1.29 is 13.0 Å². The zero-order valence-electron chi connectivity index (χ0n) is 11.2. The lowest BCUT2D eigenvalue weighted by Crippen LogP contribution is -2.42. The molecule has 0 amide bonds. The molecule has 0 radical (unpaired) electrons. The third-order valence-corrected chi connectivity index (χ3v) is 5.43. The van der Waals surface area contributed by atoms with Gasteiger partial charge < -0.3 is 0 Å². The van der Waals surface area contributed by atoms with E-state index in [1.165, 1.54) is 0 Å². The van der Waals surface area contributed by atoms with Gasteiger partial charge in [0.05, 0.1) is 6.20 Å². The molecule has 0 aromatic carbocycles. The molecule has 6 heteroatoms. The van der Waals surface area contributed by atoms with Crippen molar-refractivity contribution in [2.45, 2.75) is 30.9 Å². The summed E-state index contributed by atoms with van der Waals surface area (Å²) in [7, 11) is -2.44. The van der Waals surface area contributed by atoms with Gasteiger partial charge >= 0.3 is 0 Å². The highest BCUT2D eigenvalue weighted by Gasteiger charge is 2.46. The van der Waals surface area contributed by atoms with E-state index in [4.69, 9.17) is 0 Å². The first-order chi connectivity index (χ1) is 8.76. The summed E-state index contributed by atoms with van der Waals surface area (Å²) in [6.07, 6.45) is 8.84. The quantitative estimate of drug-likeness (QED) is 0.861. The van der Waals surface area contributed by atoms with Crippen LogP contribution in [0.15, 0.2) is 36.2 Å². The maximum Gasteiger partial charge on any atom is 0.275 e. The van der Waals surface area contributed by atoms with Gasteiger partial charge in [-0.2, -0.15) is 13.5 Å². The van der Waals surface area contributed by atoms with Crippen molar-refractivity contribution >= 4 is 10.1 Å². The largest absolute Gasteiger partial charge is 0.285 e. The van der Waals surface area contributed by atoms with Crippen molar-refractivity contribution in [3.05, 3.63) is 41.8 Å². The Morgan fingerprint density at radius 1 is 1.53 bits per heavy atom. The van der Waals surface area contributed by atoms with Gasteiger partial charge in [-0.15, -0.1) is 0 Å². The van der Waals surface area contributed by atoms with Gasteiger partial charge in [0.2, 0.25) is 0 Å². The normalized spacial score (nSPS) is 25.2. The third-order valence-electron chi connectivity index (χ3n) is 3.81. The highest BCUT2D eigenvalue weighted by atomic mass is 32.2. The van der Waals surface area contributed by atoms with Gasteiger partial charge in [-0.3, -0.25) is 9.23 Å². The molecule has 0 bridgehead atoms. The molecule has 2 atom stereocenters. The van der Waals surface area contributed by atoms with Crippen LogP contribution >= 0.6 is 0 Å². The monoisotopic (exact) mass is 282 g/mol. The molecular weight excluding hydrogens is 264 g/mol. The molecule has 1 aromatic rings. The minimum Gasteiger partial charge on any atom is -0.285 e. The van der Waals surface area contributed by atoms with Gasteiger partial charge in [0.15, 0.2) is 0 Å². The fourth-order valence-electron chi connectivity index (χ4n) is 2.41. The summed E-state index contributed by atoms with van der Waals surface area (Å²) in [6.45, 7) is 3.70. The van der Waals surface area contributed by atoms with E-state index >= 15 is 0 Å². The Balaban J connectivity index is 2.49. The SMILES string of the molecule is CC1=CCC(C(C)c2cnn(C)c2)(S(=O)(=O)O)C=C1. The second kappa shape index (κ2) is 4.61. The van der Waals surface area contributed by atoms with Crippen molar-refractivity contribution in [2.75, 3.05) is 0 Å². The zero-order valence-corrected chi connectivity index (χ0v) is 12.1. The van der Waals surface area contributed by atoms with Gasteiger partial charge in [0.1, 0.15) is 4.75 Å². The molecule has 2 unspecified atom stereocenters. The van der Waals surface area contributed by atoms with Crippen molar-refractivity contribution in [2.24, 2.45) is 7.05 Å². The number of rotatable bonds is 3. The van der Waals surface area contributed by atoms with Crippen LogP contribution in [-0.4, -0.2) is 27.5 Å². The van der Waals surface area contributed by atoms with Crippen molar-refractivity contribution in [3.8, 4) is 0 Å². The molecule has 0 spiro atoms. The summed E-state index contributed by atoms with van der Waals surface area (Å²) < 4.78 is 33.8. The van der Waals surface area contributed by atoms with Crippen LogP contribution in [0.25, 0.3) is 0 Å². The van der Waals surface area contributed by atoms with E-state index in [2.05, 4.69) is 5.10 Å². The van der Waals surface area contributed by atoms with E-state index in [9.17, 15) is 13.0 Å². The van der Waals surface area contributed by atoms with E-state index in [0.29, 0.717) is 0 Å².